The lowest BCUT2D eigenvalue weighted by Crippen LogP contribution is -2.54. The molecule has 0 bridgehead atoms. The maximum absolute atomic E-state index is 14.0. The molecule has 1 atom stereocenters. The number of nitrogens with zero attached hydrogens (tertiary/aromatic N) is 4. The van der Waals surface area contributed by atoms with Crippen molar-refractivity contribution in [1.82, 2.24) is 20.1 Å². The summed E-state index contributed by atoms with van der Waals surface area (Å²) in [7, 11) is 0. The normalized spacial score (nSPS) is 17.9. The molecule has 1 saturated heterocycles. The number of halogens is 1. The van der Waals surface area contributed by atoms with E-state index in [-0.39, 0.29) is 17.8 Å². The van der Waals surface area contributed by atoms with E-state index in [0.717, 1.165) is 5.39 Å². The summed E-state index contributed by atoms with van der Waals surface area (Å²) >= 11 is 0. The Balaban J connectivity index is 1.52. The molecule has 128 valence electrons. The largest absolute Gasteiger partial charge is 0.365 e. The van der Waals surface area contributed by atoms with Gasteiger partial charge in [-0.05, 0) is 25.1 Å². The summed E-state index contributed by atoms with van der Waals surface area (Å²) in [6.07, 6.45) is 3.22. The number of H-pyrrole nitrogens is 1. The summed E-state index contributed by atoms with van der Waals surface area (Å²) in [5.41, 5.74) is 1.79. The molecule has 0 aliphatic carbocycles. The molecule has 0 radical (unpaired) electrons. The van der Waals surface area contributed by atoms with Gasteiger partial charge in [0.15, 0.2) is 5.65 Å². The van der Waals surface area contributed by atoms with Crippen molar-refractivity contribution in [3.8, 4) is 0 Å². The average molecular weight is 339 g/mol. The van der Waals surface area contributed by atoms with Crippen molar-refractivity contribution in [2.24, 2.45) is 0 Å². The van der Waals surface area contributed by atoms with E-state index in [4.69, 9.17) is 0 Å². The van der Waals surface area contributed by atoms with Crippen molar-refractivity contribution in [2.45, 2.75) is 13.0 Å². The molecule has 1 fully saturated rings. The van der Waals surface area contributed by atoms with Crippen molar-refractivity contribution < 1.29 is 9.18 Å². The fourth-order valence-electron chi connectivity index (χ4n) is 3.31. The van der Waals surface area contributed by atoms with Gasteiger partial charge in [-0.1, -0.05) is 12.1 Å². The molecule has 2 aromatic heterocycles. The summed E-state index contributed by atoms with van der Waals surface area (Å²) < 4.78 is 14.0. The zero-order valence-corrected chi connectivity index (χ0v) is 13.8. The van der Waals surface area contributed by atoms with Crippen LogP contribution in [0.1, 0.15) is 17.3 Å². The third-order valence-electron chi connectivity index (χ3n) is 4.62. The van der Waals surface area contributed by atoms with E-state index in [1.54, 1.807) is 30.6 Å². The lowest BCUT2D eigenvalue weighted by Gasteiger charge is -2.41. The number of anilines is 1. The predicted molar refractivity (Wildman–Crippen MR) is 93.0 cm³/mol. The smallest absolute Gasteiger partial charge is 0.255 e. The molecule has 7 heteroatoms. The number of carbonyl (C=O) groups is 1. The monoisotopic (exact) mass is 339 g/mol. The van der Waals surface area contributed by atoms with E-state index in [9.17, 15) is 9.18 Å². The topological polar surface area (TPSA) is 65.1 Å². The van der Waals surface area contributed by atoms with Crippen LogP contribution in [0.2, 0.25) is 0 Å². The summed E-state index contributed by atoms with van der Waals surface area (Å²) in [6.45, 7) is 3.71. The third kappa shape index (κ3) is 2.82. The first kappa shape index (κ1) is 15.6. The zero-order chi connectivity index (χ0) is 17.4. The second kappa shape index (κ2) is 6.16. The fraction of sp³-hybridized carbons (Fsp3) is 0.278. The number of fused-ring (bicyclic) bond motifs is 1. The number of pyridine rings is 1. The molecule has 1 amide bonds. The quantitative estimate of drug-likeness (QED) is 0.779. The Morgan fingerprint density at radius 2 is 2.12 bits per heavy atom. The van der Waals surface area contributed by atoms with Gasteiger partial charge in [0.1, 0.15) is 5.82 Å². The number of piperazine rings is 1. The average Bonchev–Trinajstić information content (AvgIpc) is 3.09. The highest BCUT2D eigenvalue weighted by Gasteiger charge is 2.29. The molecule has 25 heavy (non-hydrogen) atoms. The third-order valence-corrected chi connectivity index (χ3v) is 4.62. The highest BCUT2D eigenvalue weighted by molar-refractivity contribution is 5.97. The van der Waals surface area contributed by atoms with Crippen LogP contribution < -0.4 is 4.90 Å². The molecule has 0 spiro atoms. The van der Waals surface area contributed by atoms with E-state index in [1.165, 1.54) is 6.07 Å². The minimum Gasteiger partial charge on any atom is -0.365 e. The van der Waals surface area contributed by atoms with E-state index in [1.807, 2.05) is 22.8 Å². The summed E-state index contributed by atoms with van der Waals surface area (Å²) in [4.78, 5) is 20.9. The van der Waals surface area contributed by atoms with E-state index in [2.05, 4.69) is 15.2 Å². The maximum atomic E-state index is 14.0. The van der Waals surface area contributed by atoms with Gasteiger partial charge in [0.25, 0.3) is 5.91 Å². The molecule has 1 unspecified atom stereocenters. The second-order valence-corrected chi connectivity index (χ2v) is 6.28. The van der Waals surface area contributed by atoms with E-state index in [0.29, 0.717) is 36.5 Å². The van der Waals surface area contributed by atoms with Gasteiger partial charge in [0.05, 0.1) is 17.4 Å². The van der Waals surface area contributed by atoms with Crippen molar-refractivity contribution >= 4 is 22.6 Å². The Kier molecular flexibility index (Phi) is 3.83. The number of benzene rings is 1. The number of aromatic amines is 1. The molecule has 1 aliphatic heterocycles. The van der Waals surface area contributed by atoms with Crippen molar-refractivity contribution in [3.63, 3.8) is 0 Å². The van der Waals surface area contributed by atoms with Crippen LogP contribution in [-0.4, -0.2) is 51.7 Å². The van der Waals surface area contributed by atoms with Gasteiger partial charge in [-0.3, -0.25) is 9.89 Å². The number of carbonyl (C=O) groups excluding carboxylic acids is 1. The molecule has 0 saturated carbocycles. The second-order valence-electron chi connectivity index (χ2n) is 6.28. The number of aromatic nitrogens is 3. The summed E-state index contributed by atoms with van der Waals surface area (Å²) in [5, 5.41) is 7.51. The molecule has 6 nitrogen and oxygen atoms in total. The Morgan fingerprint density at radius 1 is 1.28 bits per heavy atom. The molecule has 3 aromatic rings. The van der Waals surface area contributed by atoms with E-state index < -0.39 is 0 Å². The highest BCUT2D eigenvalue weighted by Crippen LogP contribution is 2.23. The predicted octanol–water partition coefficient (Wildman–Crippen LogP) is 2.45. The lowest BCUT2D eigenvalue weighted by atomic mass is 10.1. The Hall–Kier alpha value is -2.96. The van der Waals surface area contributed by atoms with Crippen molar-refractivity contribution in [1.29, 1.82) is 0 Å². The Bertz CT molecular complexity index is 924. The van der Waals surface area contributed by atoms with E-state index >= 15 is 0 Å². The first-order valence-corrected chi connectivity index (χ1v) is 8.23. The van der Waals surface area contributed by atoms with Crippen LogP contribution in [-0.2, 0) is 0 Å². The van der Waals surface area contributed by atoms with Gasteiger partial charge in [0.2, 0.25) is 0 Å². The number of rotatable bonds is 2. The van der Waals surface area contributed by atoms with Crippen molar-refractivity contribution in [3.05, 3.63) is 54.1 Å². The van der Waals surface area contributed by atoms with Crippen LogP contribution in [0.25, 0.3) is 11.0 Å². The number of hydrogen-bond donors (Lipinski definition) is 1. The minimum absolute atomic E-state index is 0.0269. The van der Waals surface area contributed by atoms with Crippen LogP contribution in [0.15, 0.2) is 42.7 Å². The maximum Gasteiger partial charge on any atom is 0.255 e. The van der Waals surface area contributed by atoms with Crippen LogP contribution >= 0.6 is 0 Å². The zero-order valence-electron chi connectivity index (χ0n) is 13.8. The molecule has 1 aromatic carbocycles. The molecule has 4 rings (SSSR count). The van der Waals surface area contributed by atoms with Crippen LogP contribution in [0.4, 0.5) is 10.1 Å². The molecular weight excluding hydrogens is 321 g/mol. The highest BCUT2D eigenvalue weighted by atomic mass is 19.1. The molecule has 3 heterocycles. The molecular formula is C18H18FN5O. The summed E-state index contributed by atoms with van der Waals surface area (Å²) in [5.74, 6) is -0.291. The number of hydrogen-bond acceptors (Lipinski definition) is 4. The first-order chi connectivity index (χ1) is 12.1. The SMILES string of the molecule is CC1CN(c2ccccc2F)CCN1C(=O)c1cnc2[nH]ncc2c1. The summed E-state index contributed by atoms with van der Waals surface area (Å²) in [6, 6.07) is 8.51. The van der Waals surface area contributed by atoms with Crippen molar-refractivity contribution in [2.75, 3.05) is 24.5 Å². The van der Waals surface area contributed by atoms with Gasteiger partial charge in [-0.15, -0.1) is 0 Å². The molecule has 1 N–H and O–H groups in total. The molecule has 1 aliphatic rings. The number of amides is 1. The number of para-hydroxylation sites is 1. The Morgan fingerprint density at radius 3 is 2.92 bits per heavy atom. The first-order valence-electron chi connectivity index (χ1n) is 8.23. The Labute approximate surface area is 144 Å². The standard InChI is InChI=1S/C18H18FN5O/c1-12-11-23(16-5-3-2-4-15(16)19)6-7-24(12)18(25)14-8-13-10-21-22-17(13)20-9-14/h2-5,8-10,12H,6-7,11H2,1H3,(H,20,21,22). The van der Waals surface area contributed by atoms with Crippen LogP contribution in [0.3, 0.4) is 0 Å². The van der Waals surface area contributed by atoms with Gasteiger partial charge in [-0.25, -0.2) is 9.37 Å². The van der Waals surface area contributed by atoms with Gasteiger partial charge >= 0.3 is 0 Å². The van der Waals surface area contributed by atoms with Crippen LogP contribution in [0.5, 0.6) is 0 Å². The van der Waals surface area contributed by atoms with Gasteiger partial charge < -0.3 is 9.80 Å². The lowest BCUT2D eigenvalue weighted by molar-refractivity contribution is 0.0673. The van der Waals surface area contributed by atoms with Gasteiger partial charge in [0, 0.05) is 37.3 Å². The minimum atomic E-state index is -0.232. The number of nitrogens with one attached hydrogen (secondary N) is 1. The van der Waals surface area contributed by atoms with Gasteiger partial charge in [-0.2, -0.15) is 5.10 Å². The fourth-order valence-corrected chi connectivity index (χ4v) is 3.31. The van der Waals surface area contributed by atoms with Crippen LogP contribution in [0, 0.1) is 5.82 Å².